The van der Waals surface area contributed by atoms with Gasteiger partial charge in [-0.1, -0.05) is 103 Å². The Hall–Kier alpha value is -0.670. The predicted octanol–water partition coefficient (Wildman–Crippen LogP) is 7.73. The van der Waals surface area contributed by atoms with Crippen LogP contribution in [0.2, 0.25) is 0 Å². The summed E-state index contributed by atoms with van der Waals surface area (Å²) in [6.07, 6.45) is 23.3. The zero-order valence-electron chi connectivity index (χ0n) is 17.1. The molecule has 2 nitrogen and oxygen atoms in total. The third-order valence-electron chi connectivity index (χ3n) is 4.45. The van der Waals surface area contributed by atoms with Crippen molar-refractivity contribution in [2.24, 2.45) is 5.73 Å². The van der Waals surface area contributed by atoms with Gasteiger partial charge in [0.1, 0.15) is 0 Å². The normalized spacial score (nSPS) is 9.77. The zero-order valence-corrected chi connectivity index (χ0v) is 18.8. The van der Waals surface area contributed by atoms with Crippen molar-refractivity contribution in [3.8, 4) is 0 Å². The Balaban J connectivity index is 0. The average molecular weight is 428 g/mol. The minimum Gasteiger partial charge on any atom is -0.330 e. The van der Waals surface area contributed by atoms with Crippen molar-refractivity contribution in [2.45, 2.75) is 96.8 Å². The highest BCUT2D eigenvalue weighted by Gasteiger charge is 1.93. The van der Waals surface area contributed by atoms with E-state index in [0.717, 1.165) is 12.2 Å². The lowest BCUT2D eigenvalue weighted by Crippen LogP contribution is -1.97. The summed E-state index contributed by atoms with van der Waals surface area (Å²) in [5.74, 6) is 0. The molecule has 0 radical (unpaired) electrons. The standard InChI is InChI=1S/C16H35N.C7H7N.BrH/c1-2-3-4-5-6-7-8-9-10-11-12-13-14-15-16-17;1-2-7-5-3-4-6-8-7;/h2-17H2,1H3;2-6H,1H2;1H. The van der Waals surface area contributed by atoms with Crippen LogP contribution in [0.4, 0.5) is 0 Å². The predicted molar refractivity (Wildman–Crippen MR) is 124 cm³/mol. The summed E-state index contributed by atoms with van der Waals surface area (Å²) in [7, 11) is 0. The molecule has 152 valence electrons. The molecule has 0 amide bonds. The molecule has 0 unspecified atom stereocenters. The summed E-state index contributed by atoms with van der Waals surface area (Å²) in [5.41, 5.74) is 6.39. The van der Waals surface area contributed by atoms with Gasteiger partial charge in [-0.2, -0.15) is 0 Å². The molecule has 1 aromatic rings. The number of pyridine rings is 1. The maximum absolute atomic E-state index is 5.47. The number of rotatable bonds is 15. The summed E-state index contributed by atoms with van der Waals surface area (Å²) in [6.45, 7) is 6.73. The third-order valence-corrected chi connectivity index (χ3v) is 4.45. The van der Waals surface area contributed by atoms with Gasteiger partial charge in [0, 0.05) is 6.20 Å². The molecule has 0 aliphatic rings. The van der Waals surface area contributed by atoms with E-state index < -0.39 is 0 Å². The van der Waals surface area contributed by atoms with Gasteiger partial charge >= 0.3 is 0 Å². The van der Waals surface area contributed by atoms with Gasteiger partial charge < -0.3 is 5.73 Å². The molecule has 26 heavy (non-hydrogen) atoms. The van der Waals surface area contributed by atoms with Gasteiger partial charge in [0.15, 0.2) is 0 Å². The van der Waals surface area contributed by atoms with Crippen LogP contribution in [0.3, 0.4) is 0 Å². The SMILES string of the molecule is Br.C=Cc1ccccn1.CCCCCCCCCCCCCCCCN. The monoisotopic (exact) mass is 426 g/mol. The Labute approximate surface area is 173 Å². The van der Waals surface area contributed by atoms with Crippen molar-refractivity contribution in [3.63, 3.8) is 0 Å². The van der Waals surface area contributed by atoms with Gasteiger partial charge in [-0.3, -0.25) is 4.98 Å². The molecule has 0 aliphatic heterocycles. The van der Waals surface area contributed by atoms with Gasteiger partial charge in [0.25, 0.3) is 0 Å². The molecule has 0 saturated carbocycles. The molecule has 0 spiro atoms. The number of aromatic nitrogens is 1. The fourth-order valence-corrected chi connectivity index (χ4v) is 2.84. The van der Waals surface area contributed by atoms with E-state index in [1.54, 1.807) is 12.3 Å². The smallest absolute Gasteiger partial charge is 0.0623 e. The Bertz CT molecular complexity index is 354. The van der Waals surface area contributed by atoms with Crippen molar-refractivity contribution in [2.75, 3.05) is 6.54 Å². The van der Waals surface area contributed by atoms with E-state index in [1.807, 2.05) is 18.2 Å². The summed E-state index contributed by atoms with van der Waals surface area (Å²) < 4.78 is 0. The van der Waals surface area contributed by atoms with Crippen molar-refractivity contribution >= 4 is 23.1 Å². The van der Waals surface area contributed by atoms with Gasteiger partial charge in [0.05, 0.1) is 5.69 Å². The highest BCUT2D eigenvalue weighted by Crippen LogP contribution is 2.12. The zero-order chi connectivity index (χ0) is 18.4. The fraction of sp³-hybridized carbons (Fsp3) is 0.696. The molecule has 0 atom stereocenters. The largest absolute Gasteiger partial charge is 0.330 e. The van der Waals surface area contributed by atoms with E-state index in [1.165, 1.54) is 89.9 Å². The molecule has 3 heteroatoms. The van der Waals surface area contributed by atoms with Crippen LogP contribution >= 0.6 is 17.0 Å². The minimum absolute atomic E-state index is 0. The molecule has 0 saturated heterocycles. The first-order valence-electron chi connectivity index (χ1n) is 10.6. The van der Waals surface area contributed by atoms with Crippen LogP contribution in [0.1, 0.15) is 103 Å². The summed E-state index contributed by atoms with van der Waals surface area (Å²) in [4.78, 5) is 3.98. The highest BCUT2D eigenvalue weighted by atomic mass is 79.9. The van der Waals surface area contributed by atoms with Crippen LogP contribution in [-0.2, 0) is 0 Å². The first-order chi connectivity index (χ1) is 12.3. The molecule has 0 fully saturated rings. The van der Waals surface area contributed by atoms with Gasteiger partial charge in [-0.15, -0.1) is 17.0 Å². The maximum atomic E-state index is 5.47. The maximum Gasteiger partial charge on any atom is 0.0623 e. The van der Waals surface area contributed by atoms with E-state index in [0.29, 0.717) is 0 Å². The molecule has 1 aromatic heterocycles. The Kier molecular flexibility index (Phi) is 25.8. The quantitative estimate of drug-likeness (QED) is 0.291. The van der Waals surface area contributed by atoms with Crippen molar-refractivity contribution in [1.29, 1.82) is 0 Å². The van der Waals surface area contributed by atoms with E-state index in [4.69, 9.17) is 5.73 Å². The van der Waals surface area contributed by atoms with Crippen molar-refractivity contribution in [1.82, 2.24) is 4.98 Å². The fourth-order valence-electron chi connectivity index (χ4n) is 2.84. The van der Waals surface area contributed by atoms with Gasteiger partial charge in [0.2, 0.25) is 0 Å². The topological polar surface area (TPSA) is 38.9 Å². The Morgan fingerprint density at radius 3 is 1.58 bits per heavy atom. The molecule has 1 rings (SSSR count). The van der Waals surface area contributed by atoms with Crippen LogP contribution in [0, 0.1) is 0 Å². The van der Waals surface area contributed by atoms with E-state index in [2.05, 4.69) is 18.5 Å². The first-order valence-corrected chi connectivity index (χ1v) is 10.6. The first kappa shape index (κ1) is 27.5. The molecular formula is C23H43BrN2. The second-order valence-electron chi connectivity index (χ2n) is 6.84. The van der Waals surface area contributed by atoms with Crippen LogP contribution in [0.15, 0.2) is 31.0 Å². The number of nitrogens with two attached hydrogens (primary N) is 1. The number of hydrogen-bond donors (Lipinski definition) is 1. The molecule has 0 aromatic carbocycles. The lowest BCUT2D eigenvalue weighted by molar-refractivity contribution is 0.536. The Morgan fingerprint density at radius 2 is 1.27 bits per heavy atom. The van der Waals surface area contributed by atoms with Crippen molar-refractivity contribution in [3.05, 3.63) is 36.7 Å². The van der Waals surface area contributed by atoms with Gasteiger partial charge in [-0.05, 0) is 31.2 Å². The third kappa shape index (κ3) is 21.4. The van der Waals surface area contributed by atoms with Crippen LogP contribution < -0.4 is 5.73 Å². The van der Waals surface area contributed by atoms with E-state index in [-0.39, 0.29) is 17.0 Å². The molecular weight excluding hydrogens is 384 g/mol. The number of hydrogen-bond acceptors (Lipinski definition) is 2. The van der Waals surface area contributed by atoms with Crippen LogP contribution in [0.25, 0.3) is 6.08 Å². The van der Waals surface area contributed by atoms with Crippen molar-refractivity contribution < 1.29 is 0 Å². The van der Waals surface area contributed by atoms with Crippen LogP contribution in [0.5, 0.6) is 0 Å². The second-order valence-corrected chi connectivity index (χ2v) is 6.84. The number of unbranched alkanes of at least 4 members (excludes halogenated alkanes) is 13. The molecule has 0 aliphatic carbocycles. The molecule has 0 bridgehead atoms. The second kappa shape index (κ2) is 24.3. The number of halogens is 1. The lowest BCUT2D eigenvalue weighted by Gasteiger charge is -2.02. The minimum atomic E-state index is 0. The average Bonchev–Trinajstić information content (AvgIpc) is 2.67. The van der Waals surface area contributed by atoms with Gasteiger partial charge in [-0.25, -0.2) is 0 Å². The molecule has 1 heterocycles. The summed E-state index contributed by atoms with van der Waals surface area (Å²) in [6, 6.07) is 5.73. The summed E-state index contributed by atoms with van der Waals surface area (Å²) >= 11 is 0. The highest BCUT2D eigenvalue weighted by molar-refractivity contribution is 8.93. The Morgan fingerprint density at radius 1 is 0.808 bits per heavy atom. The van der Waals surface area contributed by atoms with Crippen LogP contribution in [-0.4, -0.2) is 11.5 Å². The van der Waals surface area contributed by atoms with E-state index >= 15 is 0 Å². The van der Waals surface area contributed by atoms with E-state index in [9.17, 15) is 0 Å². The molecule has 2 N–H and O–H groups in total. The summed E-state index contributed by atoms with van der Waals surface area (Å²) in [5, 5.41) is 0. The lowest BCUT2D eigenvalue weighted by atomic mass is 10.0. The number of nitrogens with zero attached hydrogens (tertiary/aromatic N) is 1.